The Morgan fingerprint density at radius 3 is 2.65 bits per heavy atom. The van der Waals surface area contributed by atoms with Gasteiger partial charge in [-0.3, -0.25) is 24.6 Å². The number of imide groups is 1. The van der Waals surface area contributed by atoms with E-state index in [2.05, 4.69) is 31.1 Å². The Hall–Kier alpha value is -2.47. The lowest BCUT2D eigenvalue weighted by atomic mass is 9.76. The van der Waals surface area contributed by atoms with Crippen molar-refractivity contribution < 1.29 is 14.4 Å². The Labute approximate surface area is 152 Å². The highest BCUT2D eigenvalue weighted by atomic mass is 16.2. The summed E-state index contributed by atoms with van der Waals surface area (Å²) in [7, 11) is 0. The fourth-order valence-corrected chi connectivity index (χ4v) is 4.84. The molecule has 0 unspecified atom stereocenters. The first-order valence-corrected chi connectivity index (χ1v) is 9.06. The van der Waals surface area contributed by atoms with E-state index in [-0.39, 0.29) is 30.3 Å². The van der Waals surface area contributed by atoms with Gasteiger partial charge in [-0.25, -0.2) is 0 Å². The molecule has 3 aliphatic heterocycles. The fourth-order valence-electron chi connectivity index (χ4n) is 4.84. The van der Waals surface area contributed by atoms with E-state index in [9.17, 15) is 14.4 Å². The lowest BCUT2D eigenvalue weighted by molar-refractivity contribution is -0.142. The SMILES string of the molecule is C=CCN1C(=O)[C@H]2[C@H](CC(C)C)N[C@]3(C(=O)Nc4ccccc43)[C@@H]2C1=O. The van der Waals surface area contributed by atoms with Gasteiger partial charge in [0.05, 0.1) is 11.8 Å². The van der Waals surface area contributed by atoms with Crippen LogP contribution in [0.15, 0.2) is 36.9 Å². The van der Waals surface area contributed by atoms with Crippen LogP contribution in [0.3, 0.4) is 0 Å². The van der Waals surface area contributed by atoms with E-state index in [1.807, 2.05) is 24.3 Å². The Kier molecular flexibility index (Phi) is 3.77. The van der Waals surface area contributed by atoms with Crippen LogP contribution in [-0.4, -0.2) is 35.2 Å². The van der Waals surface area contributed by atoms with E-state index in [4.69, 9.17) is 0 Å². The molecule has 0 bridgehead atoms. The Morgan fingerprint density at radius 1 is 1.23 bits per heavy atom. The van der Waals surface area contributed by atoms with Crippen molar-refractivity contribution in [3.05, 3.63) is 42.5 Å². The number of amides is 3. The third kappa shape index (κ3) is 2.05. The maximum Gasteiger partial charge on any atom is 0.250 e. The first kappa shape index (κ1) is 17.0. The van der Waals surface area contributed by atoms with Crippen LogP contribution in [0.25, 0.3) is 0 Å². The maximum atomic E-state index is 13.2. The molecule has 1 aromatic rings. The van der Waals surface area contributed by atoms with E-state index in [0.29, 0.717) is 11.6 Å². The molecule has 0 aliphatic carbocycles. The summed E-state index contributed by atoms with van der Waals surface area (Å²) in [4.78, 5) is 40.5. The zero-order valence-corrected chi connectivity index (χ0v) is 15.0. The number of nitrogens with one attached hydrogen (secondary N) is 2. The summed E-state index contributed by atoms with van der Waals surface area (Å²) in [6.07, 6.45) is 2.27. The molecule has 0 saturated carbocycles. The smallest absolute Gasteiger partial charge is 0.250 e. The summed E-state index contributed by atoms with van der Waals surface area (Å²) in [6.45, 7) is 7.99. The van der Waals surface area contributed by atoms with Crippen molar-refractivity contribution in [2.45, 2.75) is 31.8 Å². The predicted octanol–water partition coefficient (Wildman–Crippen LogP) is 1.64. The van der Waals surface area contributed by atoms with E-state index in [1.54, 1.807) is 6.08 Å². The highest BCUT2D eigenvalue weighted by Crippen LogP contribution is 2.53. The van der Waals surface area contributed by atoms with Gasteiger partial charge in [-0.2, -0.15) is 0 Å². The Morgan fingerprint density at radius 2 is 1.96 bits per heavy atom. The first-order valence-electron chi connectivity index (χ1n) is 9.06. The lowest BCUT2D eigenvalue weighted by Gasteiger charge is -2.29. The number of hydrogen-bond acceptors (Lipinski definition) is 4. The molecule has 4 rings (SSSR count). The quantitative estimate of drug-likeness (QED) is 0.637. The van der Waals surface area contributed by atoms with Crippen LogP contribution in [0.4, 0.5) is 5.69 Å². The molecule has 26 heavy (non-hydrogen) atoms. The molecule has 3 heterocycles. The minimum absolute atomic E-state index is 0.179. The van der Waals surface area contributed by atoms with E-state index in [1.165, 1.54) is 4.90 Å². The fraction of sp³-hybridized carbons (Fsp3) is 0.450. The molecule has 3 aliphatic rings. The number of carbonyl (C=O) groups is 3. The molecule has 2 saturated heterocycles. The minimum Gasteiger partial charge on any atom is -0.324 e. The summed E-state index contributed by atoms with van der Waals surface area (Å²) < 4.78 is 0. The molecule has 0 aromatic heterocycles. The zero-order valence-electron chi connectivity index (χ0n) is 15.0. The molecule has 136 valence electrons. The summed E-state index contributed by atoms with van der Waals surface area (Å²) in [5, 5.41) is 6.32. The van der Waals surface area contributed by atoms with Crippen LogP contribution in [-0.2, 0) is 19.9 Å². The van der Waals surface area contributed by atoms with E-state index >= 15 is 0 Å². The molecule has 1 spiro atoms. The largest absolute Gasteiger partial charge is 0.324 e. The zero-order chi connectivity index (χ0) is 18.6. The number of para-hydroxylation sites is 1. The van der Waals surface area contributed by atoms with Crippen molar-refractivity contribution in [2.75, 3.05) is 11.9 Å². The van der Waals surface area contributed by atoms with E-state index < -0.39 is 17.4 Å². The third-order valence-corrected chi connectivity index (χ3v) is 5.75. The van der Waals surface area contributed by atoms with Gasteiger partial charge in [-0.15, -0.1) is 6.58 Å². The summed E-state index contributed by atoms with van der Waals surface area (Å²) >= 11 is 0. The van der Waals surface area contributed by atoms with Gasteiger partial charge < -0.3 is 5.32 Å². The second-order valence-electron chi connectivity index (χ2n) is 7.77. The maximum absolute atomic E-state index is 13.2. The van der Waals surface area contributed by atoms with Crippen LogP contribution in [0.5, 0.6) is 0 Å². The predicted molar refractivity (Wildman–Crippen MR) is 97.0 cm³/mol. The lowest BCUT2D eigenvalue weighted by Crippen LogP contribution is -2.53. The van der Waals surface area contributed by atoms with Crippen molar-refractivity contribution in [3.63, 3.8) is 0 Å². The first-order chi connectivity index (χ1) is 12.4. The minimum atomic E-state index is -1.18. The molecule has 2 N–H and O–H groups in total. The molecule has 6 heteroatoms. The molecule has 6 nitrogen and oxygen atoms in total. The molecule has 4 atom stereocenters. The number of likely N-dealkylation sites (tertiary alicyclic amines) is 1. The highest BCUT2D eigenvalue weighted by Gasteiger charge is 2.70. The van der Waals surface area contributed by atoms with Gasteiger partial charge in [0.15, 0.2) is 0 Å². The van der Waals surface area contributed by atoms with Crippen LogP contribution in [0.1, 0.15) is 25.8 Å². The van der Waals surface area contributed by atoms with Crippen molar-refractivity contribution >= 4 is 23.4 Å². The molecule has 0 radical (unpaired) electrons. The topological polar surface area (TPSA) is 78.5 Å². The van der Waals surface area contributed by atoms with Crippen LogP contribution >= 0.6 is 0 Å². The van der Waals surface area contributed by atoms with Crippen LogP contribution in [0.2, 0.25) is 0 Å². The van der Waals surface area contributed by atoms with Crippen molar-refractivity contribution in [3.8, 4) is 0 Å². The number of carbonyl (C=O) groups excluding carboxylic acids is 3. The normalized spacial score (nSPS) is 32.3. The number of benzene rings is 1. The summed E-state index contributed by atoms with van der Waals surface area (Å²) in [5.41, 5.74) is 0.285. The van der Waals surface area contributed by atoms with Gasteiger partial charge in [-0.1, -0.05) is 38.1 Å². The van der Waals surface area contributed by atoms with Crippen LogP contribution in [0, 0.1) is 17.8 Å². The number of rotatable bonds is 4. The monoisotopic (exact) mass is 353 g/mol. The number of fused-ring (bicyclic) bond motifs is 4. The van der Waals surface area contributed by atoms with Gasteiger partial charge >= 0.3 is 0 Å². The number of anilines is 1. The van der Waals surface area contributed by atoms with Crippen molar-refractivity contribution in [2.24, 2.45) is 17.8 Å². The van der Waals surface area contributed by atoms with Gasteiger partial charge in [0, 0.05) is 23.8 Å². The van der Waals surface area contributed by atoms with Crippen molar-refractivity contribution in [1.82, 2.24) is 10.2 Å². The second kappa shape index (κ2) is 5.77. The van der Waals surface area contributed by atoms with Gasteiger partial charge in [0.25, 0.3) is 0 Å². The Bertz CT molecular complexity index is 818. The molecule has 1 aromatic carbocycles. The summed E-state index contributed by atoms with van der Waals surface area (Å²) in [5.74, 6) is -1.65. The van der Waals surface area contributed by atoms with Gasteiger partial charge in [0.1, 0.15) is 5.54 Å². The van der Waals surface area contributed by atoms with Gasteiger partial charge in [-0.05, 0) is 18.4 Å². The molecular formula is C20H23N3O3. The van der Waals surface area contributed by atoms with Crippen LogP contribution < -0.4 is 10.6 Å². The second-order valence-corrected chi connectivity index (χ2v) is 7.77. The molecule has 3 amide bonds. The van der Waals surface area contributed by atoms with Gasteiger partial charge in [0.2, 0.25) is 17.7 Å². The molecular weight excluding hydrogens is 330 g/mol. The number of nitrogens with zero attached hydrogens (tertiary/aromatic N) is 1. The number of hydrogen-bond donors (Lipinski definition) is 2. The molecule has 2 fully saturated rings. The summed E-state index contributed by atoms with van der Waals surface area (Å²) in [6, 6.07) is 7.18. The average molecular weight is 353 g/mol. The van der Waals surface area contributed by atoms with E-state index in [0.717, 1.165) is 12.0 Å². The third-order valence-electron chi connectivity index (χ3n) is 5.75. The standard InChI is InChI=1S/C20H23N3O3/c1-4-9-23-17(24)15-14(10-11(2)3)22-20(16(15)18(23)25)12-7-5-6-8-13(12)21-19(20)26/h4-8,11,14-16,22H,1,9-10H2,2-3H3,(H,21,26)/t14-,15-,16-,20-/m0/s1. The Balaban J connectivity index is 1.87. The average Bonchev–Trinajstić information content (AvgIpc) is 3.15. The van der Waals surface area contributed by atoms with Crippen molar-refractivity contribution in [1.29, 1.82) is 0 Å². The highest BCUT2D eigenvalue weighted by molar-refractivity contribution is 6.15.